The van der Waals surface area contributed by atoms with Gasteiger partial charge in [-0.2, -0.15) is 4.57 Å². The molecule has 0 fully saturated rings. The molecule has 0 saturated carbocycles. The van der Waals surface area contributed by atoms with Crippen LogP contribution in [0.15, 0.2) is 54.9 Å². The molecule has 0 bridgehead atoms. The molecule has 2 rings (SSSR count). The number of benzene rings is 1. The highest BCUT2D eigenvalue weighted by Crippen LogP contribution is 2.08. The molecule has 0 atom stereocenters. The molecular formula is C14H14N+. The van der Waals surface area contributed by atoms with Crippen molar-refractivity contribution in [2.24, 2.45) is 0 Å². The maximum atomic E-state index is 2.12. The van der Waals surface area contributed by atoms with E-state index in [9.17, 15) is 0 Å². The van der Waals surface area contributed by atoms with E-state index in [-0.39, 0.29) is 0 Å². The molecule has 0 aliphatic carbocycles. The lowest BCUT2D eigenvalue weighted by Crippen LogP contribution is -2.23. The van der Waals surface area contributed by atoms with Gasteiger partial charge in [-0.25, -0.2) is 0 Å². The van der Waals surface area contributed by atoms with E-state index in [1.165, 1.54) is 11.1 Å². The second-order valence-electron chi connectivity index (χ2n) is 3.50. The lowest BCUT2D eigenvalue weighted by atomic mass is 10.1. The van der Waals surface area contributed by atoms with Crippen molar-refractivity contribution in [1.82, 2.24) is 0 Å². The molecule has 0 unspecified atom stereocenters. The van der Waals surface area contributed by atoms with Crippen LogP contribution in [0.4, 0.5) is 0 Å². The Kier molecular flexibility index (Phi) is 2.93. The summed E-state index contributed by atoms with van der Waals surface area (Å²) in [6, 6.07) is 14.4. The Morgan fingerprint density at radius 3 is 2.40 bits per heavy atom. The lowest BCUT2D eigenvalue weighted by molar-refractivity contribution is -0.567. The van der Waals surface area contributed by atoms with Crippen LogP contribution in [0.5, 0.6) is 0 Å². The number of rotatable bonds is 2. The maximum Gasteiger partial charge on any atom is 0.175 e. The van der Waals surface area contributed by atoms with E-state index in [1.807, 2.05) is 35.2 Å². The van der Waals surface area contributed by atoms with Crippen molar-refractivity contribution < 1.29 is 4.57 Å². The van der Waals surface area contributed by atoms with Crippen LogP contribution in [0.1, 0.15) is 11.1 Å². The van der Waals surface area contributed by atoms with Crippen LogP contribution in [0, 0.1) is 6.92 Å². The lowest BCUT2D eigenvalue weighted by Gasteiger charge is -1.96. The van der Waals surface area contributed by atoms with E-state index in [0.29, 0.717) is 0 Å². The molecule has 1 aromatic heterocycles. The van der Waals surface area contributed by atoms with Crippen LogP contribution in [0.25, 0.3) is 12.3 Å². The normalized spacial score (nSPS) is 10.7. The van der Waals surface area contributed by atoms with Crippen molar-refractivity contribution in [3.05, 3.63) is 66.0 Å². The van der Waals surface area contributed by atoms with Crippen LogP contribution >= 0.6 is 0 Å². The summed E-state index contributed by atoms with van der Waals surface area (Å²) in [5.74, 6) is 0. The fraction of sp³-hybridized carbons (Fsp3) is 0.0714. The third-order valence-electron chi connectivity index (χ3n) is 2.35. The summed E-state index contributed by atoms with van der Waals surface area (Å²) in [6.07, 6.45) is 8.22. The topological polar surface area (TPSA) is 3.88 Å². The zero-order valence-electron chi connectivity index (χ0n) is 8.80. The molecule has 0 N–H and O–H groups in total. The smallest absolute Gasteiger partial charge is 0.174 e. The first-order chi connectivity index (χ1) is 7.36. The van der Waals surface area contributed by atoms with Crippen molar-refractivity contribution >= 4 is 12.3 Å². The number of hydrogen-bond donors (Lipinski definition) is 0. The van der Waals surface area contributed by atoms with Crippen molar-refractivity contribution in [1.29, 1.82) is 0 Å². The van der Waals surface area contributed by atoms with Crippen molar-refractivity contribution in [3.63, 3.8) is 0 Å². The van der Waals surface area contributed by atoms with Gasteiger partial charge < -0.3 is 0 Å². The minimum Gasteiger partial charge on any atom is -0.174 e. The molecule has 2 aromatic rings. The number of aromatic nitrogens is 1. The SMILES string of the molecule is Cc1ccccc1/C=C/[n+]1ccccc1. The van der Waals surface area contributed by atoms with Crippen LogP contribution in [-0.2, 0) is 0 Å². The van der Waals surface area contributed by atoms with Crippen molar-refractivity contribution in [2.45, 2.75) is 6.92 Å². The Morgan fingerprint density at radius 2 is 1.67 bits per heavy atom. The molecule has 15 heavy (non-hydrogen) atoms. The summed E-state index contributed by atoms with van der Waals surface area (Å²) in [7, 11) is 0. The second-order valence-corrected chi connectivity index (χ2v) is 3.50. The Morgan fingerprint density at radius 1 is 0.933 bits per heavy atom. The van der Waals surface area contributed by atoms with E-state index in [0.717, 1.165) is 0 Å². The Labute approximate surface area is 90.3 Å². The summed E-state index contributed by atoms with van der Waals surface area (Å²) < 4.78 is 2.03. The first kappa shape index (κ1) is 9.66. The predicted octanol–water partition coefficient (Wildman–Crippen LogP) is 2.91. The van der Waals surface area contributed by atoms with E-state index in [1.54, 1.807) is 0 Å². The van der Waals surface area contributed by atoms with Gasteiger partial charge in [0.25, 0.3) is 0 Å². The van der Waals surface area contributed by atoms with E-state index < -0.39 is 0 Å². The largest absolute Gasteiger partial charge is 0.175 e. The minimum absolute atomic E-state index is 1.26. The standard InChI is InChI=1S/C14H14N/c1-13-7-3-4-8-14(13)9-12-15-10-5-2-6-11-15/h2-12H,1H3/q+1/b12-9+. The summed E-state index contributed by atoms with van der Waals surface area (Å²) >= 11 is 0. The molecule has 0 radical (unpaired) electrons. The molecule has 0 aliphatic heterocycles. The van der Waals surface area contributed by atoms with Crippen molar-refractivity contribution in [2.75, 3.05) is 0 Å². The van der Waals surface area contributed by atoms with E-state index >= 15 is 0 Å². The minimum atomic E-state index is 1.26. The predicted molar refractivity (Wildman–Crippen MR) is 63.0 cm³/mol. The fourth-order valence-electron chi connectivity index (χ4n) is 1.45. The zero-order chi connectivity index (χ0) is 10.5. The highest BCUT2D eigenvalue weighted by Gasteiger charge is 1.94. The highest BCUT2D eigenvalue weighted by atomic mass is 14.9. The van der Waals surface area contributed by atoms with Crippen LogP contribution in [-0.4, -0.2) is 0 Å². The third kappa shape index (κ3) is 2.53. The van der Waals surface area contributed by atoms with Crippen molar-refractivity contribution in [3.8, 4) is 0 Å². The quantitative estimate of drug-likeness (QED) is 0.650. The third-order valence-corrected chi connectivity index (χ3v) is 2.35. The first-order valence-electron chi connectivity index (χ1n) is 5.06. The fourth-order valence-corrected chi connectivity index (χ4v) is 1.45. The summed E-state index contributed by atoms with van der Waals surface area (Å²) in [6.45, 7) is 2.12. The molecule has 1 heteroatoms. The van der Waals surface area contributed by atoms with Crippen LogP contribution < -0.4 is 4.57 Å². The molecule has 1 heterocycles. The van der Waals surface area contributed by atoms with Gasteiger partial charge in [0.05, 0.1) is 0 Å². The summed E-state index contributed by atoms with van der Waals surface area (Å²) in [4.78, 5) is 0. The highest BCUT2D eigenvalue weighted by molar-refractivity contribution is 5.59. The maximum absolute atomic E-state index is 2.12. The molecule has 1 nitrogen and oxygen atoms in total. The molecule has 0 aliphatic rings. The number of aryl methyl sites for hydroxylation is 1. The molecular weight excluding hydrogens is 182 g/mol. The molecule has 0 amide bonds. The zero-order valence-corrected chi connectivity index (χ0v) is 8.80. The monoisotopic (exact) mass is 196 g/mol. The Hall–Kier alpha value is -1.89. The second kappa shape index (κ2) is 4.56. The number of pyridine rings is 1. The van der Waals surface area contributed by atoms with E-state index in [4.69, 9.17) is 0 Å². The first-order valence-corrected chi connectivity index (χ1v) is 5.06. The number of nitrogens with zero attached hydrogens (tertiary/aromatic N) is 1. The van der Waals surface area contributed by atoms with Gasteiger partial charge in [0, 0.05) is 18.2 Å². The van der Waals surface area contributed by atoms with Gasteiger partial charge in [-0.3, -0.25) is 0 Å². The average Bonchev–Trinajstić information content (AvgIpc) is 2.29. The number of hydrogen-bond acceptors (Lipinski definition) is 0. The van der Waals surface area contributed by atoms with Gasteiger partial charge in [0.15, 0.2) is 18.6 Å². The van der Waals surface area contributed by atoms with Gasteiger partial charge in [-0.15, -0.1) is 0 Å². The molecule has 74 valence electrons. The van der Waals surface area contributed by atoms with Gasteiger partial charge in [-0.1, -0.05) is 30.3 Å². The van der Waals surface area contributed by atoms with Crippen LogP contribution in [0.3, 0.4) is 0 Å². The van der Waals surface area contributed by atoms with Crippen LogP contribution in [0.2, 0.25) is 0 Å². The molecule has 0 spiro atoms. The van der Waals surface area contributed by atoms with Gasteiger partial charge in [0.2, 0.25) is 0 Å². The summed E-state index contributed by atoms with van der Waals surface area (Å²) in [5.41, 5.74) is 2.55. The van der Waals surface area contributed by atoms with Gasteiger partial charge in [-0.05, 0) is 18.1 Å². The average molecular weight is 196 g/mol. The van der Waals surface area contributed by atoms with E-state index in [2.05, 4.69) is 43.5 Å². The molecule has 1 aromatic carbocycles. The molecule has 0 saturated heterocycles. The van der Waals surface area contributed by atoms with Gasteiger partial charge in [0.1, 0.15) is 0 Å². The Balaban J connectivity index is 2.23. The summed E-state index contributed by atoms with van der Waals surface area (Å²) in [5, 5.41) is 0. The Bertz CT molecular complexity index is 458. The van der Waals surface area contributed by atoms with Gasteiger partial charge >= 0.3 is 0 Å².